The number of carbonyl (C=O) groups excluding carboxylic acids is 1. The Morgan fingerprint density at radius 3 is 2.90 bits per heavy atom. The van der Waals surface area contributed by atoms with Gasteiger partial charge < -0.3 is 15.8 Å². The molecule has 0 aliphatic rings. The van der Waals surface area contributed by atoms with Gasteiger partial charge in [0, 0.05) is 12.7 Å². The minimum absolute atomic E-state index is 0.117. The molecule has 3 N–H and O–H groups in total. The average molecular weight is 285 g/mol. The van der Waals surface area contributed by atoms with Crippen molar-refractivity contribution in [2.24, 2.45) is 0 Å². The molecule has 7 heteroatoms. The Bertz CT molecular complexity index is 715. The van der Waals surface area contributed by atoms with Gasteiger partial charge in [0.25, 0.3) is 5.91 Å². The number of para-hydroxylation sites is 1. The number of nitrogens with zero attached hydrogens (tertiary/aromatic N) is 3. The van der Waals surface area contributed by atoms with Crippen molar-refractivity contribution in [3.63, 3.8) is 0 Å². The van der Waals surface area contributed by atoms with Crippen molar-refractivity contribution in [1.82, 2.24) is 9.78 Å². The third-order valence-electron chi connectivity index (χ3n) is 2.93. The first-order valence-electron chi connectivity index (χ1n) is 6.32. The number of ether oxygens (including phenoxy) is 1. The summed E-state index contributed by atoms with van der Waals surface area (Å²) >= 11 is 0. The van der Waals surface area contributed by atoms with Gasteiger partial charge in [-0.1, -0.05) is 6.07 Å². The first-order valence-corrected chi connectivity index (χ1v) is 6.32. The largest absolute Gasteiger partial charge is 0.495 e. The van der Waals surface area contributed by atoms with Crippen LogP contribution in [0.2, 0.25) is 0 Å². The Kier molecular flexibility index (Phi) is 4.09. The van der Waals surface area contributed by atoms with E-state index in [1.807, 2.05) is 13.0 Å². The molecule has 0 radical (unpaired) electrons. The number of anilines is 2. The van der Waals surface area contributed by atoms with E-state index in [-0.39, 0.29) is 11.4 Å². The van der Waals surface area contributed by atoms with Crippen LogP contribution in [-0.2, 0) is 6.54 Å². The molecular formula is C14H15N5O2. The lowest BCUT2D eigenvalue weighted by Gasteiger charge is -2.10. The number of benzene rings is 1. The number of carbonyl (C=O) groups is 1. The minimum atomic E-state index is -0.485. The summed E-state index contributed by atoms with van der Waals surface area (Å²) in [5.41, 5.74) is 6.78. The molecule has 21 heavy (non-hydrogen) atoms. The molecule has 2 aromatic rings. The van der Waals surface area contributed by atoms with Gasteiger partial charge in [-0.25, -0.2) is 0 Å². The van der Waals surface area contributed by atoms with E-state index in [1.165, 1.54) is 7.11 Å². The summed E-state index contributed by atoms with van der Waals surface area (Å²) in [4.78, 5) is 12.3. The molecular weight excluding hydrogens is 270 g/mol. The predicted molar refractivity (Wildman–Crippen MR) is 78.0 cm³/mol. The number of nitriles is 1. The van der Waals surface area contributed by atoms with Crippen LogP contribution in [0, 0.1) is 11.3 Å². The molecule has 0 saturated heterocycles. The highest BCUT2D eigenvalue weighted by Gasteiger charge is 2.18. The summed E-state index contributed by atoms with van der Waals surface area (Å²) < 4.78 is 6.73. The number of nitrogens with two attached hydrogens (primary N) is 1. The fourth-order valence-electron chi connectivity index (χ4n) is 1.87. The quantitative estimate of drug-likeness (QED) is 0.887. The highest BCUT2D eigenvalue weighted by atomic mass is 16.5. The maximum Gasteiger partial charge on any atom is 0.278 e. The van der Waals surface area contributed by atoms with Crippen LogP contribution >= 0.6 is 0 Å². The number of methoxy groups -OCH3 is 1. The van der Waals surface area contributed by atoms with Gasteiger partial charge in [-0.2, -0.15) is 10.4 Å². The zero-order chi connectivity index (χ0) is 15.4. The lowest BCUT2D eigenvalue weighted by molar-refractivity contribution is 0.102. The van der Waals surface area contributed by atoms with Crippen molar-refractivity contribution in [3.05, 3.63) is 35.7 Å². The fourth-order valence-corrected chi connectivity index (χ4v) is 1.87. The molecule has 0 spiro atoms. The van der Waals surface area contributed by atoms with Gasteiger partial charge >= 0.3 is 0 Å². The van der Waals surface area contributed by atoms with Crippen LogP contribution in [0.3, 0.4) is 0 Å². The molecule has 0 aliphatic heterocycles. The Morgan fingerprint density at radius 1 is 1.57 bits per heavy atom. The molecule has 7 nitrogen and oxygen atoms in total. The zero-order valence-corrected chi connectivity index (χ0v) is 11.8. The molecule has 1 aromatic carbocycles. The van der Waals surface area contributed by atoms with Crippen molar-refractivity contribution in [1.29, 1.82) is 5.26 Å². The van der Waals surface area contributed by atoms with Gasteiger partial charge in [0.2, 0.25) is 0 Å². The predicted octanol–water partition coefficient (Wildman–Crippen LogP) is 1.62. The second kappa shape index (κ2) is 5.96. The fraction of sp³-hybridized carbons (Fsp3) is 0.214. The van der Waals surface area contributed by atoms with E-state index < -0.39 is 5.91 Å². The molecule has 0 fully saturated rings. The maximum atomic E-state index is 12.3. The van der Waals surface area contributed by atoms with Gasteiger partial charge in [-0.3, -0.25) is 9.48 Å². The third kappa shape index (κ3) is 2.79. The van der Waals surface area contributed by atoms with E-state index in [0.29, 0.717) is 23.5 Å². The summed E-state index contributed by atoms with van der Waals surface area (Å²) in [6, 6.07) is 6.93. The molecule has 1 amide bonds. The van der Waals surface area contributed by atoms with Crippen molar-refractivity contribution < 1.29 is 9.53 Å². The van der Waals surface area contributed by atoms with Crippen LogP contribution in [0.15, 0.2) is 24.4 Å². The van der Waals surface area contributed by atoms with Crippen molar-refractivity contribution in [3.8, 4) is 11.8 Å². The van der Waals surface area contributed by atoms with E-state index in [9.17, 15) is 4.79 Å². The molecule has 0 unspecified atom stereocenters. The van der Waals surface area contributed by atoms with Crippen LogP contribution in [0.1, 0.15) is 23.0 Å². The second-order valence-corrected chi connectivity index (χ2v) is 4.24. The van der Waals surface area contributed by atoms with Crippen LogP contribution < -0.4 is 15.8 Å². The standard InChI is InChI=1S/C14H15N5O2/c1-3-19-8-10(16)13(18-19)14(20)17-12-9(7-15)5-4-6-11(12)21-2/h4-6,8H,3,16H2,1-2H3,(H,17,20). The summed E-state index contributed by atoms with van der Waals surface area (Å²) in [6.07, 6.45) is 1.59. The first-order chi connectivity index (χ1) is 10.1. The van der Waals surface area contributed by atoms with Crippen molar-refractivity contribution >= 4 is 17.3 Å². The lowest BCUT2D eigenvalue weighted by Crippen LogP contribution is -2.16. The number of aromatic nitrogens is 2. The number of aryl methyl sites for hydroxylation is 1. The Labute approximate surface area is 121 Å². The van der Waals surface area contributed by atoms with Gasteiger partial charge in [0.15, 0.2) is 5.69 Å². The van der Waals surface area contributed by atoms with E-state index in [1.54, 1.807) is 29.1 Å². The normalized spacial score (nSPS) is 9.95. The molecule has 108 valence electrons. The van der Waals surface area contributed by atoms with E-state index in [4.69, 9.17) is 15.7 Å². The number of amides is 1. The van der Waals surface area contributed by atoms with Crippen LogP contribution in [0.4, 0.5) is 11.4 Å². The second-order valence-electron chi connectivity index (χ2n) is 4.24. The van der Waals surface area contributed by atoms with Gasteiger partial charge in [0.05, 0.1) is 18.4 Å². The molecule has 2 rings (SSSR count). The van der Waals surface area contributed by atoms with Crippen LogP contribution in [-0.4, -0.2) is 22.8 Å². The smallest absolute Gasteiger partial charge is 0.278 e. The Hall–Kier alpha value is -3.01. The van der Waals surface area contributed by atoms with Crippen LogP contribution in [0.5, 0.6) is 5.75 Å². The molecule has 0 atom stereocenters. The van der Waals surface area contributed by atoms with E-state index in [0.717, 1.165) is 0 Å². The topological polar surface area (TPSA) is 106 Å². The number of hydrogen-bond acceptors (Lipinski definition) is 5. The van der Waals surface area contributed by atoms with E-state index >= 15 is 0 Å². The molecule has 0 saturated carbocycles. The molecule has 0 bridgehead atoms. The average Bonchev–Trinajstić information content (AvgIpc) is 2.88. The van der Waals surface area contributed by atoms with Crippen LogP contribution in [0.25, 0.3) is 0 Å². The van der Waals surface area contributed by atoms with Gasteiger partial charge in [-0.15, -0.1) is 0 Å². The minimum Gasteiger partial charge on any atom is -0.495 e. The van der Waals surface area contributed by atoms with E-state index in [2.05, 4.69) is 10.4 Å². The Morgan fingerprint density at radius 2 is 2.33 bits per heavy atom. The third-order valence-corrected chi connectivity index (χ3v) is 2.93. The van der Waals surface area contributed by atoms with Crippen molar-refractivity contribution in [2.45, 2.75) is 13.5 Å². The van der Waals surface area contributed by atoms with Gasteiger partial charge in [0.1, 0.15) is 17.5 Å². The highest BCUT2D eigenvalue weighted by molar-refractivity contribution is 6.07. The maximum absolute atomic E-state index is 12.3. The van der Waals surface area contributed by atoms with Gasteiger partial charge in [-0.05, 0) is 19.1 Å². The van der Waals surface area contributed by atoms with Crippen molar-refractivity contribution in [2.75, 3.05) is 18.2 Å². The molecule has 1 aromatic heterocycles. The lowest BCUT2D eigenvalue weighted by atomic mass is 10.1. The number of nitrogen functional groups attached to an aromatic ring is 1. The zero-order valence-electron chi connectivity index (χ0n) is 11.8. The number of rotatable bonds is 4. The number of hydrogen-bond donors (Lipinski definition) is 2. The monoisotopic (exact) mass is 285 g/mol. The highest BCUT2D eigenvalue weighted by Crippen LogP contribution is 2.28. The summed E-state index contributed by atoms with van der Waals surface area (Å²) in [5.74, 6) is -0.0865. The molecule has 1 heterocycles. The SMILES string of the molecule is CCn1cc(N)c(C(=O)Nc2c(C#N)cccc2OC)n1. The summed E-state index contributed by atoms with van der Waals surface area (Å²) in [7, 11) is 1.46. The summed E-state index contributed by atoms with van der Waals surface area (Å²) in [5, 5.41) is 15.8. The Balaban J connectivity index is 2.36. The molecule has 0 aliphatic carbocycles. The number of nitrogens with one attached hydrogen (secondary N) is 1. The first kappa shape index (κ1) is 14.4. The summed E-state index contributed by atoms with van der Waals surface area (Å²) in [6.45, 7) is 2.50.